The highest BCUT2D eigenvalue weighted by Crippen LogP contribution is 2.26. The van der Waals surface area contributed by atoms with Crippen molar-refractivity contribution in [2.45, 2.75) is 32.2 Å². The van der Waals surface area contributed by atoms with Crippen molar-refractivity contribution in [1.29, 1.82) is 0 Å². The molecule has 2 N–H and O–H groups in total. The topological polar surface area (TPSA) is 59.5 Å². The number of fused-ring (bicyclic) bond motifs is 1. The third-order valence-electron chi connectivity index (χ3n) is 4.22. The molecule has 0 saturated carbocycles. The minimum Gasteiger partial charge on any atom is -0.459 e. The second-order valence-corrected chi connectivity index (χ2v) is 5.95. The molecule has 0 bridgehead atoms. The molecule has 1 fully saturated rings. The van der Waals surface area contributed by atoms with Gasteiger partial charge >= 0.3 is 0 Å². The molecule has 2 aromatic rings. The average Bonchev–Trinajstić information content (AvgIpc) is 3.03. The average molecular weight is 286 g/mol. The molecule has 1 aliphatic heterocycles. The van der Waals surface area contributed by atoms with Gasteiger partial charge < -0.3 is 15.1 Å². The number of carbonyl (C=O) groups excluding carboxylic acids is 1. The number of benzene rings is 1. The number of hydrogen-bond acceptors (Lipinski definition) is 3. The Hall–Kier alpha value is -1.81. The van der Waals surface area contributed by atoms with Gasteiger partial charge in [0, 0.05) is 24.9 Å². The van der Waals surface area contributed by atoms with Crippen LogP contribution in [-0.4, -0.2) is 23.9 Å². The molecule has 2 atom stereocenters. The molecule has 21 heavy (non-hydrogen) atoms. The number of likely N-dealkylation sites (tertiary alicyclic amines) is 1. The molecule has 1 amide bonds. The molecule has 2 unspecified atom stereocenters. The first-order chi connectivity index (χ1) is 10.2. The Kier molecular flexibility index (Phi) is 3.97. The number of nitrogens with zero attached hydrogens (tertiary/aromatic N) is 1. The van der Waals surface area contributed by atoms with Crippen LogP contribution >= 0.6 is 0 Å². The maximum atomic E-state index is 12.0. The van der Waals surface area contributed by atoms with E-state index < -0.39 is 0 Å². The molecule has 0 aliphatic carbocycles. The summed E-state index contributed by atoms with van der Waals surface area (Å²) >= 11 is 0. The Morgan fingerprint density at radius 1 is 1.43 bits per heavy atom. The highest BCUT2D eigenvalue weighted by molar-refractivity contribution is 5.79. The molecule has 1 aromatic heterocycles. The van der Waals surface area contributed by atoms with Crippen LogP contribution in [0.3, 0.4) is 0 Å². The highest BCUT2D eigenvalue weighted by Gasteiger charge is 2.30. The predicted molar refractivity (Wildman–Crippen MR) is 82.7 cm³/mol. The number of rotatable bonds is 5. The fraction of sp³-hybridized carbons (Fsp3) is 0.471. The zero-order chi connectivity index (χ0) is 14.8. The summed E-state index contributed by atoms with van der Waals surface area (Å²) in [7, 11) is 0. The Morgan fingerprint density at radius 2 is 2.24 bits per heavy atom. The zero-order valence-electron chi connectivity index (χ0n) is 12.4. The van der Waals surface area contributed by atoms with E-state index in [2.05, 4.69) is 6.92 Å². The lowest BCUT2D eigenvalue weighted by molar-refractivity contribution is -0.128. The summed E-state index contributed by atoms with van der Waals surface area (Å²) in [6.45, 7) is 3.53. The first kappa shape index (κ1) is 14.1. The van der Waals surface area contributed by atoms with Crippen molar-refractivity contribution in [3.05, 3.63) is 36.1 Å². The molecule has 1 saturated heterocycles. The molecule has 0 spiro atoms. The van der Waals surface area contributed by atoms with Crippen molar-refractivity contribution >= 4 is 16.9 Å². The van der Waals surface area contributed by atoms with E-state index in [1.54, 1.807) is 0 Å². The van der Waals surface area contributed by atoms with Gasteiger partial charge in [-0.05, 0) is 24.5 Å². The maximum Gasteiger partial charge on any atom is 0.222 e. The minimum absolute atomic E-state index is 0.222. The SMILES string of the molecule is CCCC1CC(=O)N(CC(N)c2cc3ccccc3o2)C1. The van der Waals surface area contributed by atoms with Crippen molar-refractivity contribution in [3.63, 3.8) is 0 Å². The van der Waals surface area contributed by atoms with Gasteiger partial charge in [-0.1, -0.05) is 31.5 Å². The maximum absolute atomic E-state index is 12.0. The van der Waals surface area contributed by atoms with E-state index in [1.165, 1.54) is 0 Å². The second kappa shape index (κ2) is 5.90. The van der Waals surface area contributed by atoms with Gasteiger partial charge in [-0.25, -0.2) is 0 Å². The molecular formula is C17H22N2O2. The van der Waals surface area contributed by atoms with E-state index in [9.17, 15) is 4.79 Å². The smallest absolute Gasteiger partial charge is 0.222 e. The molecule has 2 heterocycles. The molecular weight excluding hydrogens is 264 g/mol. The van der Waals surface area contributed by atoms with Gasteiger partial charge in [-0.2, -0.15) is 0 Å². The van der Waals surface area contributed by atoms with E-state index in [4.69, 9.17) is 10.2 Å². The van der Waals surface area contributed by atoms with Crippen LogP contribution in [0.15, 0.2) is 34.7 Å². The first-order valence-electron chi connectivity index (χ1n) is 7.69. The van der Waals surface area contributed by atoms with Crippen molar-refractivity contribution in [2.24, 2.45) is 11.7 Å². The number of hydrogen-bond donors (Lipinski definition) is 1. The largest absolute Gasteiger partial charge is 0.459 e. The third-order valence-corrected chi connectivity index (χ3v) is 4.22. The number of carbonyl (C=O) groups is 1. The third kappa shape index (κ3) is 2.95. The number of furan rings is 1. The summed E-state index contributed by atoms with van der Waals surface area (Å²) in [6, 6.07) is 9.58. The van der Waals surface area contributed by atoms with Gasteiger partial charge in [0.15, 0.2) is 0 Å². The predicted octanol–water partition coefficient (Wildman–Crippen LogP) is 3.08. The molecule has 112 valence electrons. The van der Waals surface area contributed by atoms with Crippen molar-refractivity contribution in [1.82, 2.24) is 4.90 Å². The highest BCUT2D eigenvalue weighted by atomic mass is 16.3. The van der Waals surface area contributed by atoms with Crippen LogP contribution in [0, 0.1) is 5.92 Å². The van der Waals surface area contributed by atoms with Gasteiger partial charge in [-0.15, -0.1) is 0 Å². The Balaban J connectivity index is 1.68. The minimum atomic E-state index is -0.262. The molecule has 1 aliphatic rings. The summed E-state index contributed by atoms with van der Waals surface area (Å²) in [5.74, 6) is 1.47. The summed E-state index contributed by atoms with van der Waals surface area (Å²) in [6.07, 6.45) is 2.91. The van der Waals surface area contributed by atoms with Crippen LogP contribution in [0.25, 0.3) is 11.0 Å². The molecule has 4 heteroatoms. The van der Waals surface area contributed by atoms with Gasteiger partial charge in [0.25, 0.3) is 0 Å². The zero-order valence-corrected chi connectivity index (χ0v) is 12.4. The fourth-order valence-electron chi connectivity index (χ4n) is 3.14. The van der Waals surface area contributed by atoms with Gasteiger partial charge in [-0.3, -0.25) is 4.79 Å². The van der Waals surface area contributed by atoms with E-state index >= 15 is 0 Å². The Bertz CT molecular complexity index is 602. The van der Waals surface area contributed by atoms with Crippen molar-refractivity contribution < 1.29 is 9.21 Å². The van der Waals surface area contributed by atoms with Crippen molar-refractivity contribution in [2.75, 3.05) is 13.1 Å². The van der Waals surface area contributed by atoms with Crippen LogP contribution in [0.5, 0.6) is 0 Å². The van der Waals surface area contributed by atoms with Crippen molar-refractivity contribution in [3.8, 4) is 0 Å². The first-order valence-corrected chi connectivity index (χ1v) is 7.69. The summed E-state index contributed by atoms with van der Waals surface area (Å²) in [4.78, 5) is 13.9. The van der Waals surface area contributed by atoms with E-state index in [1.807, 2.05) is 35.2 Å². The quantitative estimate of drug-likeness (QED) is 0.919. The van der Waals surface area contributed by atoms with Gasteiger partial charge in [0.05, 0.1) is 6.04 Å². The van der Waals surface area contributed by atoms with Crippen LogP contribution in [0.1, 0.15) is 38.0 Å². The molecule has 1 aromatic carbocycles. The van der Waals surface area contributed by atoms with E-state index in [0.717, 1.165) is 36.1 Å². The summed E-state index contributed by atoms with van der Waals surface area (Å²) in [5, 5.41) is 1.06. The number of amides is 1. The van der Waals surface area contributed by atoms with Crippen LogP contribution in [0.2, 0.25) is 0 Å². The fourth-order valence-corrected chi connectivity index (χ4v) is 3.14. The van der Waals surface area contributed by atoms with Crippen LogP contribution < -0.4 is 5.73 Å². The normalized spacial score (nSPS) is 20.4. The van der Waals surface area contributed by atoms with E-state index in [0.29, 0.717) is 18.9 Å². The van der Waals surface area contributed by atoms with Gasteiger partial charge in [0.1, 0.15) is 11.3 Å². The standard InChI is InChI=1S/C17H22N2O2/c1-2-5-12-8-17(20)19(10-12)11-14(18)16-9-13-6-3-4-7-15(13)21-16/h3-4,6-7,9,12,14H,2,5,8,10-11,18H2,1H3. The number of para-hydroxylation sites is 1. The lowest BCUT2D eigenvalue weighted by atomic mass is 10.0. The molecule has 3 rings (SSSR count). The Morgan fingerprint density at radius 3 is 3.00 bits per heavy atom. The van der Waals surface area contributed by atoms with Gasteiger partial charge in [0.2, 0.25) is 5.91 Å². The lowest BCUT2D eigenvalue weighted by Crippen LogP contribution is -2.33. The lowest BCUT2D eigenvalue weighted by Gasteiger charge is -2.20. The molecule has 4 nitrogen and oxygen atoms in total. The summed E-state index contributed by atoms with van der Waals surface area (Å²) < 4.78 is 5.79. The van der Waals surface area contributed by atoms with E-state index in [-0.39, 0.29) is 11.9 Å². The monoisotopic (exact) mass is 286 g/mol. The van der Waals surface area contributed by atoms with Crippen LogP contribution in [-0.2, 0) is 4.79 Å². The van der Waals surface area contributed by atoms with Crippen LogP contribution in [0.4, 0.5) is 0 Å². The second-order valence-electron chi connectivity index (χ2n) is 5.95. The number of nitrogens with two attached hydrogens (primary N) is 1. The Labute approximate surface area is 124 Å². The molecule has 0 radical (unpaired) electrons. The summed E-state index contributed by atoms with van der Waals surface area (Å²) in [5.41, 5.74) is 7.08.